The van der Waals surface area contributed by atoms with Gasteiger partial charge in [0.05, 0.1) is 24.7 Å². The number of ether oxygens (including phenoxy) is 1. The summed E-state index contributed by atoms with van der Waals surface area (Å²) in [5.74, 6) is 0. The number of hydrogen-bond donors (Lipinski definition) is 1. The molecule has 1 aromatic heterocycles. The summed E-state index contributed by atoms with van der Waals surface area (Å²) < 4.78 is 7.90. The normalized spacial score (nSPS) is 18.6. The van der Waals surface area contributed by atoms with Crippen molar-refractivity contribution in [2.45, 2.75) is 12.5 Å². The van der Waals surface area contributed by atoms with Gasteiger partial charge in [0, 0.05) is 18.9 Å². The Morgan fingerprint density at radius 3 is 3.22 bits per heavy atom. The lowest BCUT2D eigenvalue weighted by Crippen LogP contribution is -2.26. The van der Waals surface area contributed by atoms with Gasteiger partial charge in [-0.25, -0.2) is 4.98 Å². The second-order valence-electron chi connectivity index (χ2n) is 4.48. The zero-order chi connectivity index (χ0) is 12.4. The van der Waals surface area contributed by atoms with E-state index in [0.717, 1.165) is 19.6 Å². The Hall–Kier alpha value is -1.65. The molecule has 0 saturated carbocycles. The molecule has 2 heterocycles. The third kappa shape index (κ3) is 1.94. The average molecular weight is 243 g/mol. The first kappa shape index (κ1) is 11.4. The number of imidazole rings is 1. The summed E-state index contributed by atoms with van der Waals surface area (Å²) in [5, 5.41) is 3.19. The van der Waals surface area contributed by atoms with Gasteiger partial charge in [-0.3, -0.25) is 0 Å². The van der Waals surface area contributed by atoms with Crippen LogP contribution >= 0.6 is 0 Å². The van der Waals surface area contributed by atoms with Crippen molar-refractivity contribution in [1.29, 1.82) is 0 Å². The fraction of sp³-hybridized carbons (Fsp3) is 0.357. The molecule has 1 atom stereocenters. The lowest BCUT2D eigenvalue weighted by Gasteiger charge is -2.27. The Labute approximate surface area is 107 Å². The van der Waals surface area contributed by atoms with E-state index in [1.165, 1.54) is 16.8 Å². The van der Waals surface area contributed by atoms with Gasteiger partial charge in [0.15, 0.2) is 0 Å². The molecule has 1 aliphatic heterocycles. The molecule has 18 heavy (non-hydrogen) atoms. The van der Waals surface area contributed by atoms with Gasteiger partial charge in [0.2, 0.25) is 0 Å². The van der Waals surface area contributed by atoms with Crippen molar-refractivity contribution in [3.8, 4) is 5.69 Å². The third-order valence-electron chi connectivity index (χ3n) is 3.38. The standard InChI is InChI=1S/C14H17N3O/c1-15-9-14-12-3-2-4-13(11(12)5-8-18-14)17-7-6-16-10-17/h2-4,6-7,10,14-15H,5,8-9H2,1H3/t14-/m1/s1. The van der Waals surface area contributed by atoms with Crippen LogP contribution in [-0.2, 0) is 11.2 Å². The van der Waals surface area contributed by atoms with E-state index >= 15 is 0 Å². The molecule has 1 N–H and O–H groups in total. The van der Waals surface area contributed by atoms with Crippen molar-refractivity contribution >= 4 is 0 Å². The van der Waals surface area contributed by atoms with Crippen LogP contribution in [0.1, 0.15) is 17.2 Å². The van der Waals surface area contributed by atoms with E-state index in [2.05, 4.69) is 33.1 Å². The van der Waals surface area contributed by atoms with E-state index in [4.69, 9.17) is 4.74 Å². The summed E-state index contributed by atoms with van der Waals surface area (Å²) >= 11 is 0. The summed E-state index contributed by atoms with van der Waals surface area (Å²) in [6.07, 6.45) is 6.76. The number of fused-ring (bicyclic) bond motifs is 1. The van der Waals surface area contributed by atoms with E-state index in [1.807, 2.05) is 25.8 Å². The van der Waals surface area contributed by atoms with E-state index in [9.17, 15) is 0 Å². The molecule has 4 heteroatoms. The quantitative estimate of drug-likeness (QED) is 0.892. The highest BCUT2D eigenvalue weighted by Gasteiger charge is 2.22. The second kappa shape index (κ2) is 4.92. The fourth-order valence-electron chi connectivity index (χ4n) is 2.56. The third-order valence-corrected chi connectivity index (χ3v) is 3.38. The topological polar surface area (TPSA) is 39.1 Å². The summed E-state index contributed by atoms with van der Waals surface area (Å²) in [7, 11) is 1.96. The van der Waals surface area contributed by atoms with Gasteiger partial charge >= 0.3 is 0 Å². The molecule has 0 radical (unpaired) electrons. The molecule has 1 aromatic carbocycles. The van der Waals surface area contributed by atoms with Gasteiger partial charge in [0.25, 0.3) is 0 Å². The van der Waals surface area contributed by atoms with Crippen molar-refractivity contribution in [3.05, 3.63) is 48.0 Å². The number of hydrogen-bond acceptors (Lipinski definition) is 3. The fourth-order valence-corrected chi connectivity index (χ4v) is 2.56. The first-order valence-corrected chi connectivity index (χ1v) is 6.26. The van der Waals surface area contributed by atoms with E-state index in [-0.39, 0.29) is 6.10 Å². The molecule has 1 aliphatic rings. The molecular formula is C14H17N3O. The Bertz CT molecular complexity index is 522. The molecule has 4 nitrogen and oxygen atoms in total. The Morgan fingerprint density at radius 2 is 2.44 bits per heavy atom. The van der Waals surface area contributed by atoms with Crippen LogP contribution in [-0.4, -0.2) is 29.8 Å². The highest BCUT2D eigenvalue weighted by Crippen LogP contribution is 2.30. The number of likely N-dealkylation sites (N-methyl/N-ethyl adjacent to an activating group) is 1. The van der Waals surface area contributed by atoms with Crippen LogP contribution in [0.15, 0.2) is 36.9 Å². The van der Waals surface area contributed by atoms with E-state index < -0.39 is 0 Å². The maximum absolute atomic E-state index is 5.83. The first-order valence-electron chi connectivity index (χ1n) is 6.26. The van der Waals surface area contributed by atoms with E-state index in [1.54, 1.807) is 0 Å². The Morgan fingerprint density at radius 1 is 1.50 bits per heavy atom. The largest absolute Gasteiger partial charge is 0.372 e. The predicted molar refractivity (Wildman–Crippen MR) is 69.9 cm³/mol. The van der Waals surface area contributed by atoms with Crippen LogP contribution in [0.3, 0.4) is 0 Å². The lowest BCUT2D eigenvalue weighted by molar-refractivity contribution is 0.0438. The number of nitrogens with one attached hydrogen (secondary N) is 1. The maximum atomic E-state index is 5.83. The monoisotopic (exact) mass is 243 g/mol. The van der Waals surface area contributed by atoms with Crippen LogP contribution in [0, 0.1) is 0 Å². The van der Waals surface area contributed by atoms with Gasteiger partial charge in [-0.15, -0.1) is 0 Å². The molecule has 94 valence electrons. The molecule has 0 fully saturated rings. The highest BCUT2D eigenvalue weighted by atomic mass is 16.5. The molecule has 0 amide bonds. The zero-order valence-electron chi connectivity index (χ0n) is 10.5. The highest BCUT2D eigenvalue weighted by molar-refractivity contribution is 5.48. The molecular weight excluding hydrogens is 226 g/mol. The summed E-state index contributed by atoms with van der Waals surface area (Å²) in [6.45, 7) is 1.63. The van der Waals surface area contributed by atoms with Gasteiger partial charge < -0.3 is 14.6 Å². The van der Waals surface area contributed by atoms with Crippen LogP contribution in [0.4, 0.5) is 0 Å². The van der Waals surface area contributed by atoms with Crippen molar-refractivity contribution in [3.63, 3.8) is 0 Å². The molecule has 2 aromatic rings. The van der Waals surface area contributed by atoms with Gasteiger partial charge in [-0.1, -0.05) is 12.1 Å². The minimum atomic E-state index is 0.155. The summed E-state index contributed by atoms with van der Waals surface area (Å²) in [6, 6.07) is 6.39. The number of benzene rings is 1. The minimum Gasteiger partial charge on any atom is -0.372 e. The SMILES string of the molecule is CNC[C@H]1OCCc2c1cccc2-n1ccnc1. The predicted octanol–water partition coefficient (Wildman–Crippen LogP) is 1.71. The average Bonchev–Trinajstić information content (AvgIpc) is 2.93. The van der Waals surface area contributed by atoms with Crippen LogP contribution < -0.4 is 5.32 Å². The molecule has 3 rings (SSSR count). The molecule has 0 saturated heterocycles. The summed E-state index contributed by atoms with van der Waals surface area (Å²) in [5.41, 5.74) is 3.89. The summed E-state index contributed by atoms with van der Waals surface area (Å²) in [4.78, 5) is 4.12. The van der Waals surface area contributed by atoms with Gasteiger partial charge in [-0.05, 0) is 30.7 Å². The van der Waals surface area contributed by atoms with Crippen molar-refractivity contribution in [2.24, 2.45) is 0 Å². The maximum Gasteiger partial charge on any atom is 0.0991 e. The number of rotatable bonds is 3. The Kier molecular flexibility index (Phi) is 3.13. The molecule has 0 spiro atoms. The second-order valence-corrected chi connectivity index (χ2v) is 4.48. The van der Waals surface area contributed by atoms with Crippen LogP contribution in [0.2, 0.25) is 0 Å². The number of aromatic nitrogens is 2. The molecule has 0 bridgehead atoms. The minimum absolute atomic E-state index is 0.155. The Balaban J connectivity index is 2.06. The smallest absolute Gasteiger partial charge is 0.0991 e. The van der Waals surface area contributed by atoms with Gasteiger partial charge in [-0.2, -0.15) is 0 Å². The lowest BCUT2D eigenvalue weighted by atomic mass is 9.95. The number of nitrogens with zero attached hydrogens (tertiary/aromatic N) is 2. The van der Waals surface area contributed by atoms with Crippen molar-refractivity contribution in [1.82, 2.24) is 14.9 Å². The zero-order valence-corrected chi connectivity index (χ0v) is 10.5. The molecule has 0 aliphatic carbocycles. The first-order chi connectivity index (χ1) is 8.90. The van der Waals surface area contributed by atoms with Crippen molar-refractivity contribution < 1.29 is 4.74 Å². The van der Waals surface area contributed by atoms with E-state index in [0.29, 0.717) is 0 Å². The van der Waals surface area contributed by atoms with Crippen LogP contribution in [0.25, 0.3) is 5.69 Å². The van der Waals surface area contributed by atoms with Gasteiger partial charge in [0.1, 0.15) is 0 Å². The van der Waals surface area contributed by atoms with Crippen molar-refractivity contribution in [2.75, 3.05) is 20.2 Å². The van der Waals surface area contributed by atoms with Crippen LogP contribution in [0.5, 0.6) is 0 Å². The molecule has 0 unspecified atom stereocenters.